The molecular weight excluding hydrogens is 376 g/mol. The topological polar surface area (TPSA) is 52.3 Å². The number of hydrogen-bond donors (Lipinski definition) is 0. The highest BCUT2D eigenvalue weighted by atomic mass is 16.5. The molecule has 0 bridgehead atoms. The fourth-order valence-corrected chi connectivity index (χ4v) is 3.66. The van der Waals surface area contributed by atoms with Crippen LogP contribution in [0.2, 0.25) is 0 Å². The van der Waals surface area contributed by atoms with E-state index in [9.17, 15) is 4.79 Å². The number of hydrogen-bond acceptors (Lipinski definition) is 4. The molecule has 154 valence electrons. The summed E-state index contributed by atoms with van der Waals surface area (Å²) in [5.41, 5.74) is 5.23. The van der Waals surface area contributed by atoms with Gasteiger partial charge >= 0.3 is 5.69 Å². The molecule has 0 saturated carbocycles. The van der Waals surface area contributed by atoms with Gasteiger partial charge in [-0.25, -0.2) is 4.79 Å². The third-order valence-electron chi connectivity index (χ3n) is 5.28. The first-order valence-electron chi connectivity index (χ1n) is 9.96. The molecule has 4 aromatic rings. The van der Waals surface area contributed by atoms with Gasteiger partial charge < -0.3 is 4.74 Å². The van der Waals surface area contributed by atoms with Crippen molar-refractivity contribution in [1.82, 2.24) is 19.0 Å². The second-order valence-electron chi connectivity index (χ2n) is 7.65. The molecule has 0 saturated heterocycles. The Labute approximate surface area is 176 Å². The summed E-state index contributed by atoms with van der Waals surface area (Å²) in [6.07, 6.45) is 1.77. The standard InChI is InChI=1S/C24H26N4O2/c1-26(16-19-9-12-22-23(14-19)28(3)24(29)27(22)2)15-18-7-10-21(11-8-18)30-17-20-6-4-5-13-25-20/h4-14H,15-17H2,1-3H3. The minimum atomic E-state index is 0.000795. The molecule has 0 amide bonds. The average molecular weight is 402 g/mol. The molecule has 4 rings (SSSR count). The minimum Gasteiger partial charge on any atom is -0.487 e. The van der Waals surface area contributed by atoms with Crippen LogP contribution in [-0.4, -0.2) is 26.1 Å². The molecule has 2 aromatic heterocycles. The number of rotatable bonds is 7. The summed E-state index contributed by atoms with van der Waals surface area (Å²) in [5.74, 6) is 0.836. The summed E-state index contributed by atoms with van der Waals surface area (Å²) in [6.45, 7) is 2.09. The van der Waals surface area contributed by atoms with E-state index in [1.807, 2.05) is 43.4 Å². The number of imidazole rings is 1. The van der Waals surface area contributed by atoms with Gasteiger partial charge in [0.15, 0.2) is 0 Å². The zero-order valence-electron chi connectivity index (χ0n) is 17.6. The maximum atomic E-state index is 12.1. The van der Waals surface area contributed by atoms with Crippen molar-refractivity contribution in [1.29, 1.82) is 0 Å². The number of aryl methyl sites for hydroxylation is 2. The van der Waals surface area contributed by atoms with E-state index in [2.05, 4.69) is 41.2 Å². The van der Waals surface area contributed by atoms with E-state index >= 15 is 0 Å². The molecule has 6 nitrogen and oxygen atoms in total. The SMILES string of the molecule is CN(Cc1ccc(OCc2ccccn2)cc1)Cc1ccc2c(c1)n(C)c(=O)n2C. The molecule has 0 atom stereocenters. The maximum absolute atomic E-state index is 12.1. The van der Waals surface area contributed by atoms with Gasteiger partial charge in [-0.05, 0) is 54.6 Å². The number of ether oxygens (including phenoxy) is 1. The summed E-state index contributed by atoms with van der Waals surface area (Å²) in [7, 11) is 5.72. The number of fused-ring (bicyclic) bond motifs is 1. The molecule has 0 N–H and O–H groups in total. The summed E-state index contributed by atoms with van der Waals surface area (Å²) in [6, 6.07) is 20.2. The van der Waals surface area contributed by atoms with Crippen LogP contribution in [0.4, 0.5) is 0 Å². The van der Waals surface area contributed by atoms with Crippen molar-refractivity contribution in [2.75, 3.05) is 7.05 Å². The lowest BCUT2D eigenvalue weighted by Gasteiger charge is -2.17. The fraction of sp³-hybridized carbons (Fsp3) is 0.250. The van der Waals surface area contributed by atoms with Crippen LogP contribution in [0.1, 0.15) is 16.8 Å². The van der Waals surface area contributed by atoms with Crippen molar-refractivity contribution in [3.63, 3.8) is 0 Å². The highest BCUT2D eigenvalue weighted by molar-refractivity contribution is 5.76. The first-order valence-corrected chi connectivity index (χ1v) is 9.96. The van der Waals surface area contributed by atoms with Crippen LogP contribution >= 0.6 is 0 Å². The lowest BCUT2D eigenvalue weighted by molar-refractivity contribution is 0.300. The van der Waals surface area contributed by atoms with E-state index in [4.69, 9.17) is 4.74 Å². The van der Waals surface area contributed by atoms with Crippen molar-refractivity contribution in [2.45, 2.75) is 19.7 Å². The Morgan fingerprint density at radius 2 is 1.60 bits per heavy atom. The number of benzene rings is 2. The summed E-state index contributed by atoms with van der Waals surface area (Å²) in [5, 5.41) is 0. The highest BCUT2D eigenvalue weighted by Crippen LogP contribution is 2.18. The first kappa shape index (κ1) is 19.9. The van der Waals surface area contributed by atoms with Crippen molar-refractivity contribution in [2.24, 2.45) is 14.1 Å². The largest absolute Gasteiger partial charge is 0.487 e. The van der Waals surface area contributed by atoms with E-state index in [1.54, 1.807) is 22.4 Å². The van der Waals surface area contributed by atoms with Gasteiger partial charge in [0.2, 0.25) is 0 Å². The predicted octanol–water partition coefficient (Wildman–Crippen LogP) is 3.48. The Bertz CT molecular complexity index is 1190. The minimum absolute atomic E-state index is 0.000795. The van der Waals surface area contributed by atoms with Crippen LogP contribution in [0.15, 0.2) is 71.7 Å². The number of nitrogens with zero attached hydrogens (tertiary/aromatic N) is 4. The van der Waals surface area contributed by atoms with E-state index < -0.39 is 0 Å². The van der Waals surface area contributed by atoms with Gasteiger partial charge in [0.1, 0.15) is 12.4 Å². The Balaban J connectivity index is 1.37. The summed E-state index contributed by atoms with van der Waals surface area (Å²) < 4.78 is 9.18. The average Bonchev–Trinajstić information content (AvgIpc) is 2.97. The van der Waals surface area contributed by atoms with Crippen molar-refractivity contribution < 1.29 is 4.74 Å². The van der Waals surface area contributed by atoms with E-state index in [1.165, 1.54) is 11.1 Å². The van der Waals surface area contributed by atoms with Gasteiger partial charge in [0, 0.05) is 33.4 Å². The Kier molecular flexibility index (Phi) is 5.68. The van der Waals surface area contributed by atoms with E-state index in [0.717, 1.165) is 35.6 Å². The molecule has 0 fully saturated rings. The summed E-state index contributed by atoms with van der Waals surface area (Å²) >= 11 is 0. The zero-order valence-corrected chi connectivity index (χ0v) is 17.6. The van der Waals surface area contributed by atoms with Gasteiger partial charge in [-0.3, -0.25) is 19.0 Å². The van der Waals surface area contributed by atoms with Crippen LogP contribution in [0.25, 0.3) is 11.0 Å². The van der Waals surface area contributed by atoms with Crippen LogP contribution in [0, 0.1) is 0 Å². The molecule has 0 spiro atoms. The molecule has 0 aliphatic heterocycles. The quantitative estimate of drug-likeness (QED) is 0.475. The van der Waals surface area contributed by atoms with Gasteiger partial charge in [-0.2, -0.15) is 0 Å². The Morgan fingerprint density at radius 1 is 0.900 bits per heavy atom. The van der Waals surface area contributed by atoms with Gasteiger partial charge in [0.25, 0.3) is 0 Å². The van der Waals surface area contributed by atoms with Crippen molar-refractivity contribution >= 4 is 11.0 Å². The van der Waals surface area contributed by atoms with Crippen LogP contribution < -0.4 is 10.4 Å². The molecule has 30 heavy (non-hydrogen) atoms. The molecule has 2 heterocycles. The lowest BCUT2D eigenvalue weighted by Crippen LogP contribution is -2.19. The Morgan fingerprint density at radius 3 is 2.33 bits per heavy atom. The third kappa shape index (κ3) is 4.28. The maximum Gasteiger partial charge on any atom is 0.328 e. The first-order chi connectivity index (χ1) is 14.5. The second-order valence-corrected chi connectivity index (χ2v) is 7.65. The molecular formula is C24H26N4O2. The molecule has 6 heteroatoms. The number of aromatic nitrogens is 3. The number of pyridine rings is 1. The predicted molar refractivity (Wildman–Crippen MR) is 118 cm³/mol. The fourth-order valence-electron chi connectivity index (χ4n) is 3.66. The van der Waals surface area contributed by atoms with Gasteiger partial charge in [0.05, 0.1) is 16.7 Å². The molecule has 0 aliphatic rings. The van der Waals surface area contributed by atoms with Crippen molar-refractivity contribution in [3.8, 4) is 5.75 Å². The second kappa shape index (κ2) is 8.55. The van der Waals surface area contributed by atoms with Crippen LogP contribution in [-0.2, 0) is 33.8 Å². The highest BCUT2D eigenvalue weighted by Gasteiger charge is 2.09. The van der Waals surface area contributed by atoms with E-state index in [0.29, 0.717) is 6.61 Å². The molecule has 0 radical (unpaired) electrons. The smallest absolute Gasteiger partial charge is 0.328 e. The van der Waals surface area contributed by atoms with Crippen LogP contribution in [0.5, 0.6) is 5.75 Å². The molecule has 0 unspecified atom stereocenters. The van der Waals surface area contributed by atoms with Crippen LogP contribution in [0.3, 0.4) is 0 Å². The van der Waals surface area contributed by atoms with Gasteiger partial charge in [-0.15, -0.1) is 0 Å². The van der Waals surface area contributed by atoms with E-state index in [-0.39, 0.29) is 5.69 Å². The van der Waals surface area contributed by atoms with Crippen molar-refractivity contribution in [3.05, 3.63) is 94.2 Å². The molecule has 0 aliphatic carbocycles. The molecule has 2 aromatic carbocycles. The normalized spacial score (nSPS) is 11.3. The zero-order chi connectivity index (χ0) is 21.1. The monoisotopic (exact) mass is 402 g/mol. The third-order valence-corrected chi connectivity index (χ3v) is 5.28. The lowest BCUT2D eigenvalue weighted by atomic mass is 10.1. The summed E-state index contributed by atoms with van der Waals surface area (Å²) in [4.78, 5) is 18.6. The van der Waals surface area contributed by atoms with Gasteiger partial charge in [-0.1, -0.05) is 24.3 Å². The Hall–Kier alpha value is -3.38.